The number of aromatic nitrogens is 5. The van der Waals surface area contributed by atoms with Gasteiger partial charge in [0.15, 0.2) is 17.5 Å². The molecule has 0 spiro atoms. The molecule has 0 aliphatic carbocycles. The van der Waals surface area contributed by atoms with Gasteiger partial charge in [0.2, 0.25) is 0 Å². The lowest BCUT2D eigenvalue weighted by molar-refractivity contribution is 1.07. The minimum absolute atomic E-state index is 0.617. The van der Waals surface area contributed by atoms with Crippen molar-refractivity contribution in [2.45, 2.75) is 0 Å². The molecule has 6 heteroatoms. The van der Waals surface area contributed by atoms with Crippen LogP contribution in [0, 0.1) is 0 Å². The Kier molecular flexibility index (Phi) is 7.60. The van der Waals surface area contributed by atoms with Crippen molar-refractivity contribution >= 4 is 53.4 Å². The maximum Gasteiger partial charge on any atom is 0.164 e. The molecule has 4 heterocycles. The summed E-state index contributed by atoms with van der Waals surface area (Å²) in [6.45, 7) is 0. The number of rotatable bonds is 6. The van der Waals surface area contributed by atoms with Crippen molar-refractivity contribution in [1.82, 2.24) is 24.5 Å². The first-order valence-corrected chi connectivity index (χ1v) is 19.5. The van der Waals surface area contributed by atoms with E-state index in [-0.39, 0.29) is 0 Å². The number of nitrogens with zero attached hydrogens (tertiary/aromatic N) is 5. The Morgan fingerprint density at radius 2 is 0.911 bits per heavy atom. The van der Waals surface area contributed by atoms with Crippen LogP contribution in [0.2, 0.25) is 0 Å². The van der Waals surface area contributed by atoms with E-state index in [1.807, 2.05) is 36.4 Å². The summed E-state index contributed by atoms with van der Waals surface area (Å²) in [5.41, 5.74) is 10.3. The Bertz CT molecular complexity index is 3240. The third kappa shape index (κ3) is 5.38. The average molecular weight is 734 g/mol. The molecular formula is C50H31N5S. The molecule has 56 heavy (non-hydrogen) atoms. The van der Waals surface area contributed by atoms with Crippen LogP contribution >= 0.6 is 11.3 Å². The van der Waals surface area contributed by atoms with Crippen LogP contribution in [0.1, 0.15) is 0 Å². The highest BCUT2D eigenvalue weighted by Gasteiger charge is 2.23. The number of hydrogen-bond acceptors (Lipinski definition) is 5. The Balaban J connectivity index is 1.13. The summed E-state index contributed by atoms with van der Waals surface area (Å²) >= 11 is 1.80. The molecule has 0 bridgehead atoms. The van der Waals surface area contributed by atoms with Crippen LogP contribution in [0.4, 0.5) is 0 Å². The molecule has 0 amide bonds. The second-order valence-corrected chi connectivity index (χ2v) is 14.9. The monoisotopic (exact) mass is 733 g/mol. The van der Waals surface area contributed by atoms with Crippen LogP contribution in [0.3, 0.4) is 0 Å². The van der Waals surface area contributed by atoms with Gasteiger partial charge in [0.05, 0.1) is 21.4 Å². The largest absolute Gasteiger partial charge is 0.301 e. The van der Waals surface area contributed by atoms with Crippen molar-refractivity contribution in [2.24, 2.45) is 0 Å². The standard InChI is InChI=1S/C50H31N5S/c1-4-16-32(17-5-1)35-22-14-23-36(30-35)48-52-47(34-20-8-3-9-21-34)53-49(54-48)37-24-15-25-38(31-37)55-42-29-13-11-27-40(42)44-43-39-26-10-12-28-41(39)51-45(46(43)56-50(44)55)33-18-6-2-7-19-33/h1-31H. The summed E-state index contributed by atoms with van der Waals surface area (Å²) in [5.74, 6) is 1.88. The molecule has 0 saturated carbocycles. The van der Waals surface area contributed by atoms with Crippen LogP contribution in [0.25, 0.3) is 104 Å². The van der Waals surface area contributed by atoms with Crippen LogP contribution in [-0.2, 0) is 0 Å². The third-order valence-corrected chi connectivity index (χ3v) is 11.6. The fraction of sp³-hybridized carbons (Fsp3) is 0. The Morgan fingerprint density at radius 3 is 1.64 bits per heavy atom. The van der Waals surface area contributed by atoms with E-state index in [1.165, 1.54) is 25.7 Å². The van der Waals surface area contributed by atoms with Gasteiger partial charge in [-0.15, -0.1) is 11.3 Å². The number of fused-ring (bicyclic) bond motifs is 7. The lowest BCUT2D eigenvalue weighted by Gasteiger charge is -2.12. The van der Waals surface area contributed by atoms with Gasteiger partial charge in [0.25, 0.3) is 0 Å². The average Bonchev–Trinajstić information content (AvgIpc) is 3.82. The SMILES string of the molecule is c1ccc(-c2cccc(-c3nc(-c4ccccc4)nc(-c4cccc(-n5c6ccccc6c6c7c(sc65)c(-c5ccccc5)nc5ccccc57)c4)n3)c2)cc1. The number of pyridine rings is 1. The van der Waals surface area contributed by atoms with Crippen molar-refractivity contribution in [3.63, 3.8) is 0 Å². The van der Waals surface area contributed by atoms with E-state index in [0.717, 1.165) is 61.2 Å². The Hall–Kier alpha value is -7.28. The molecule has 5 nitrogen and oxygen atoms in total. The first-order valence-electron chi connectivity index (χ1n) is 18.6. The molecular weight excluding hydrogens is 703 g/mol. The van der Waals surface area contributed by atoms with Gasteiger partial charge in [-0.3, -0.25) is 0 Å². The summed E-state index contributed by atoms with van der Waals surface area (Å²) in [7, 11) is 0. The first kappa shape index (κ1) is 32.2. The summed E-state index contributed by atoms with van der Waals surface area (Å²) in [5, 5.41) is 4.86. The summed E-state index contributed by atoms with van der Waals surface area (Å²) < 4.78 is 3.58. The van der Waals surface area contributed by atoms with Crippen molar-refractivity contribution in [3.8, 4) is 62.2 Å². The highest BCUT2D eigenvalue weighted by atomic mass is 32.1. The molecule has 0 radical (unpaired) electrons. The zero-order chi connectivity index (χ0) is 37.0. The van der Waals surface area contributed by atoms with Gasteiger partial charge in [-0.2, -0.15) is 0 Å². The second-order valence-electron chi connectivity index (χ2n) is 13.9. The maximum atomic E-state index is 5.25. The summed E-state index contributed by atoms with van der Waals surface area (Å²) in [6.07, 6.45) is 0. The van der Waals surface area contributed by atoms with Crippen molar-refractivity contribution < 1.29 is 0 Å². The summed E-state index contributed by atoms with van der Waals surface area (Å²) in [4.78, 5) is 21.7. The zero-order valence-electron chi connectivity index (χ0n) is 30.0. The normalized spacial score (nSPS) is 11.6. The molecule has 0 fully saturated rings. The van der Waals surface area contributed by atoms with Crippen LogP contribution in [0.15, 0.2) is 188 Å². The van der Waals surface area contributed by atoms with Gasteiger partial charge in [-0.05, 0) is 41.5 Å². The third-order valence-electron chi connectivity index (χ3n) is 10.4. The fourth-order valence-corrected chi connectivity index (χ4v) is 9.22. The second kappa shape index (κ2) is 13.2. The highest BCUT2D eigenvalue weighted by Crippen LogP contribution is 2.47. The van der Waals surface area contributed by atoms with E-state index < -0.39 is 0 Å². The van der Waals surface area contributed by atoms with Gasteiger partial charge in [0, 0.05) is 49.5 Å². The van der Waals surface area contributed by atoms with E-state index in [1.54, 1.807) is 11.3 Å². The molecule has 11 rings (SSSR count). The molecule has 0 aliphatic heterocycles. The first-order chi connectivity index (χ1) is 27.8. The van der Waals surface area contributed by atoms with E-state index >= 15 is 0 Å². The lowest BCUT2D eigenvalue weighted by atomic mass is 10.0. The van der Waals surface area contributed by atoms with Gasteiger partial charge in [0.1, 0.15) is 4.83 Å². The molecule has 11 aromatic rings. The van der Waals surface area contributed by atoms with Gasteiger partial charge < -0.3 is 4.57 Å². The number of thiophene rings is 1. The van der Waals surface area contributed by atoms with Crippen LogP contribution < -0.4 is 0 Å². The quantitative estimate of drug-likeness (QED) is 0.171. The van der Waals surface area contributed by atoms with Gasteiger partial charge in [-0.1, -0.05) is 158 Å². The van der Waals surface area contributed by atoms with Crippen molar-refractivity contribution in [1.29, 1.82) is 0 Å². The Labute approximate surface area is 326 Å². The molecule has 4 aromatic heterocycles. The maximum absolute atomic E-state index is 5.25. The van der Waals surface area contributed by atoms with Gasteiger partial charge in [-0.25, -0.2) is 19.9 Å². The van der Waals surface area contributed by atoms with Crippen LogP contribution in [-0.4, -0.2) is 24.5 Å². The molecule has 7 aromatic carbocycles. The molecule has 0 aliphatic rings. The summed E-state index contributed by atoms with van der Waals surface area (Å²) in [6, 6.07) is 65.3. The molecule has 0 atom stereocenters. The molecule has 0 saturated heterocycles. The van der Waals surface area contributed by atoms with Crippen molar-refractivity contribution in [2.75, 3.05) is 0 Å². The smallest absolute Gasteiger partial charge is 0.164 e. The van der Waals surface area contributed by atoms with E-state index in [4.69, 9.17) is 19.9 Å². The topological polar surface area (TPSA) is 56.5 Å². The lowest BCUT2D eigenvalue weighted by Crippen LogP contribution is -2.01. The van der Waals surface area contributed by atoms with E-state index in [0.29, 0.717) is 17.5 Å². The number of hydrogen-bond donors (Lipinski definition) is 0. The minimum Gasteiger partial charge on any atom is -0.301 e. The number of benzene rings is 7. The molecule has 262 valence electrons. The molecule has 0 N–H and O–H groups in total. The van der Waals surface area contributed by atoms with Crippen LogP contribution in [0.5, 0.6) is 0 Å². The predicted octanol–water partition coefficient (Wildman–Crippen LogP) is 13.1. The van der Waals surface area contributed by atoms with E-state index in [9.17, 15) is 0 Å². The highest BCUT2D eigenvalue weighted by molar-refractivity contribution is 7.26. The zero-order valence-corrected chi connectivity index (χ0v) is 30.9. The molecule has 0 unspecified atom stereocenters. The van der Waals surface area contributed by atoms with Crippen molar-refractivity contribution in [3.05, 3.63) is 188 Å². The van der Waals surface area contributed by atoms with E-state index in [2.05, 4.69) is 156 Å². The fourth-order valence-electron chi connectivity index (χ4n) is 7.84. The predicted molar refractivity (Wildman–Crippen MR) is 232 cm³/mol. The number of para-hydroxylation sites is 2. The Morgan fingerprint density at radius 1 is 0.375 bits per heavy atom. The van der Waals surface area contributed by atoms with Gasteiger partial charge >= 0.3 is 0 Å². The minimum atomic E-state index is 0.617.